The van der Waals surface area contributed by atoms with Crippen molar-refractivity contribution in [2.45, 2.75) is 32.9 Å². The fourth-order valence-corrected chi connectivity index (χ4v) is 2.30. The number of benzene rings is 2. The maximum Gasteiger partial charge on any atom is 0.122 e. The molecule has 0 saturated heterocycles. The molecule has 2 aromatic carbocycles. The number of rotatable bonds is 7. The van der Waals surface area contributed by atoms with Crippen molar-refractivity contribution in [1.82, 2.24) is 5.32 Å². The van der Waals surface area contributed by atoms with Crippen LogP contribution in [0.4, 0.5) is 0 Å². The summed E-state index contributed by atoms with van der Waals surface area (Å²) in [6, 6.07) is 16.4. The van der Waals surface area contributed by atoms with Gasteiger partial charge < -0.3 is 15.2 Å². The minimum absolute atomic E-state index is 0.205. The number of ether oxygens (including phenoxy) is 1. The molecule has 0 unspecified atom stereocenters. The predicted molar refractivity (Wildman–Crippen MR) is 90.3 cm³/mol. The Morgan fingerprint density at radius 2 is 1.77 bits per heavy atom. The van der Waals surface area contributed by atoms with Gasteiger partial charge in [0, 0.05) is 12.6 Å². The van der Waals surface area contributed by atoms with Crippen LogP contribution in [0.15, 0.2) is 48.5 Å². The second-order valence-corrected chi connectivity index (χ2v) is 5.70. The molecule has 0 aliphatic heterocycles. The quantitative estimate of drug-likeness (QED) is 0.823. The Morgan fingerprint density at radius 3 is 2.50 bits per heavy atom. The molecule has 0 radical (unpaired) electrons. The third kappa shape index (κ3) is 4.58. The second kappa shape index (κ2) is 7.97. The first-order valence-corrected chi connectivity index (χ1v) is 7.73. The van der Waals surface area contributed by atoms with Gasteiger partial charge in [-0.15, -0.1) is 0 Å². The molecule has 0 amide bonds. The van der Waals surface area contributed by atoms with E-state index in [4.69, 9.17) is 4.74 Å². The summed E-state index contributed by atoms with van der Waals surface area (Å²) in [7, 11) is 0. The van der Waals surface area contributed by atoms with Crippen LogP contribution >= 0.6 is 0 Å². The Balaban J connectivity index is 1.78. The monoisotopic (exact) mass is 299 g/mol. The van der Waals surface area contributed by atoms with Crippen LogP contribution in [0.2, 0.25) is 0 Å². The molecule has 3 nitrogen and oxygen atoms in total. The van der Waals surface area contributed by atoms with Crippen molar-refractivity contribution in [2.75, 3.05) is 13.2 Å². The van der Waals surface area contributed by atoms with E-state index >= 15 is 0 Å². The van der Waals surface area contributed by atoms with Crippen LogP contribution in [-0.2, 0) is 0 Å². The van der Waals surface area contributed by atoms with E-state index in [-0.39, 0.29) is 6.04 Å². The van der Waals surface area contributed by atoms with Crippen LogP contribution < -0.4 is 10.1 Å². The molecule has 0 aliphatic rings. The lowest BCUT2D eigenvalue weighted by Gasteiger charge is -2.18. The summed E-state index contributed by atoms with van der Waals surface area (Å²) in [6.45, 7) is 6.97. The van der Waals surface area contributed by atoms with Crippen molar-refractivity contribution in [3.05, 3.63) is 65.2 Å². The lowest BCUT2D eigenvalue weighted by atomic mass is 10.1. The fraction of sp³-hybridized carbons (Fsp3) is 0.368. The van der Waals surface area contributed by atoms with Gasteiger partial charge in [0.25, 0.3) is 0 Å². The van der Waals surface area contributed by atoms with Gasteiger partial charge in [-0.1, -0.05) is 42.5 Å². The van der Waals surface area contributed by atoms with Crippen molar-refractivity contribution in [3.63, 3.8) is 0 Å². The summed E-state index contributed by atoms with van der Waals surface area (Å²) >= 11 is 0. The molecule has 0 saturated carbocycles. The summed E-state index contributed by atoms with van der Waals surface area (Å²) < 4.78 is 5.73. The highest BCUT2D eigenvalue weighted by atomic mass is 16.5. The van der Waals surface area contributed by atoms with E-state index in [1.807, 2.05) is 37.3 Å². The summed E-state index contributed by atoms with van der Waals surface area (Å²) in [5, 5.41) is 13.4. The van der Waals surface area contributed by atoms with Gasteiger partial charge in [0.15, 0.2) is 0 Å². The van der Waals surface area contributed by atoms with Crippen LogP contribution in [0.5, 0.6) is 5.75 Å². The SMILES string of the molecule is Cc1cccc(OC[C@H](O)CN[C@H](C)c2ccccc2)c1C. The topological polar surface area (TPSA) is 41.5 Å². The third-order valence-corrected chi connectivity index (χ3v) is 3.95. The molecule has 0 spiro atoms. The number of aliphatic hydroxyl groups excluding tert-OH is 1. The molecule has 0 aliphatic carbocycles. The zero-order valence-corrected chi connectivity index (χ0v) is 13.5. The van der Waals surface area contributed by atoms with Crippen molar-refractivity contribution in [3.8, 4) is 5.75 Å². The van der Waals surface area contributed by atoms with Crippen molar-refractivity contribution in [2.24, 2.45) is 0 Å². The normalized spacial score (nSPS) is 13.6. The average molecular weight is 299 g/mol. The molecule has 0 fully saturated rings. The molecular weight excluding hydrogens is 274 g/mol. The Labute approximate surface area is 133 Å². The van der Waals surface area contributed by atoms with E-state index < -0.39 is 6.10 Å². The maximum absolute atomic E-state index is 10.1. The summed E-state index contributed by atoms with van der Waals surface area (Å²) in [4.78, 5) is 0. The minimum atomic E-state index is -0.536. The summed E-state index contributed by atoms with van der Waals surface area (Å²) in [5.74, 6) is 0.843. The number of aliphatic hydroxyl groups is 1. The van der Waals surface area contributed by atoms with Gasteiger partial charge in [0.2, 0.25) is 0 Å². The first kappa shape index (κ1) is 16.5. The number of nitrogens with one attached hydrogen (secondary N) is 1. The Morgan fingerprint density at radius 1 is 1.05 bits per heavy atom. The molecule has 0 aromatic heterocycles. The lowest BCUT2D eigenvalue weighted by molar-refractivity contribution is 0.104. The summed E-state index contributed by atoms with van der Waals surface area (Å²) in [5.41, 5.74) is 3.54. The Bertz CT molecular complexity index is 583. The molecule has 2 N–H and O–H groups in total. The van der Waals surface area contributed by atoms with E-state index in [0.29, 0.717) is 13.2 Å². The van der Waals surface area contributed by atoms with Gasteiger partial charge >= 0.3 is 0 Å². The first-order valence-electron chi connectivity index (χ1n) is 7.73. The van der Waals surface area contributed by atoms with Gasteiger partial charge in [-0.2, -0.15) is 0 Å². The molecule has 0 bridgehead atoms. The van der Waals surface area contributed by atoms with Crippen LogP contribution in [0.1, 0.15) is 29.7 Å². The van der Waals surface area contributed by atoms with Crippen molar-refractivity contribution in [1.29, 1.82) is 0 Å². The number of aryl methyl sites for hydroxylation is 1. The number of hydrogen-bond acceptors (Lipinski definition) is 3. The minimum Gasteiger partial charge on any atom is -0.491 e. The van der Waals surface area contributed by atoms with Gasteiger partial charge in [-0.05, 0) is 43.5 Å². The van der Waals surface area contributed by atoms with E-state index in [9.17, 15) is 5.11 Å². The van der Waals surface area contributed by atoms with Crippen LogP contribution in [-0.4, -0.2) is 24.4 Å². The van der Waals surface area contributed by atoms with Gasteiger partial charge in [0.1, 0.15) is 18.5 Å². The lowest BCUT2D eigenvalue weighted by Crippen LogP contribution is -2.33. The first-order chi connectivity index (χ1) is 10.6. The standard InChI is InChI=1S/C19H25NO2/c1-14-8-7-11-19(15(14)2)22-13-18(21)12-20-16(3)17-9-5-4-6-10-17/h4-11,16,18,20-21H,12-13H2,1-3H3/t16-,18-/m1/s1. The van der Waals surface area contributed by atoms with E-state index in [1.54, 1.807) is 0 Å². The molecule has 2 aromatic rings. The Hall–Kier alpha value is -1.84. The van der Waals surface area contributed by atoms with Crippen LogP contribution in [0.25, 0.3) is 0 Å². The molecular formula is C19H25NO2. The predicted octanol–water partition coefficient (Wildman–Crippen LogP) is 3.39. The van der Waals surface area contributed by atoms with E-state index in [2.05, 4.69) is 37.4 Å². The van der Waals surface area contributed by atoms with E-state index in [1.165, 1.54) is 11.1 Å². The molecule has 3 heteroatoms. The maximum atomic E-state index is 10.1. The molecule has 2 atom stereocenters. The van der Waals surface area contributed by atoms with Gasteiger partial charge in [0.05, 0.1) is 0 Å². The zero-order chi connectivity index (χ0) is 15.9. The third-order valence-electron chi connectivity index (χ3n) is 3.95. The van der Waals surface area contributed by atoms with Gasteiger partial charge in [-0.3, -0.25) is 0 Å². The molecule has 118 valence electrons. The number of hydrogen-bond donors (Lipinski definition) is 2. The van der Waals surface area contributed by atoms with Crippen LogP contribution in [0, 0.1) is 13.8 Å². The molecule has 0 heterocycles. The van der Waals surface area contributed by atoms with Crippen molar-refractivity contribution >= 4 is 0 Å². The van der Waals surface area contributed by atoms with Crippen molar-refractivity contribution < 1.29 is 9.84 Å². The highest BCUT2D eigenvalue weighted by Crippen LogP contribution is 2.20. The fourth-order valence-electron chi connectivity index (χ4n) is 2.30. The average Bonchev–Trinajstić information content (AvgIpc) is 2.54. The van der Waals surface area contributed by atoms with Crippen LogP contribution in [0.3, 0.4) is 0 Å². The highest BCUT2D eigenvalue weighted by molar-refractivity contribution is 5.38. The van der Waals surface area contributed by atoms with Gasteiger partial charge in [-0.25, -0.2) is 0 Å². The molecule has 22 heavy (non-hydrogen) atoms. The highest BCUT2D eigenvalue weighted by Gasteiger charge is 2.10. The zero-order valence-electron chi connectivity index (χ0n) is 13.5. The molecule has 2 rings (SSSR count). The Kier molecular flexibility index (Phi) is 5.99. The van der Waals surface area contributed by atoms with E-state index in [0.717, 1.165) is 11.3 Å². The second-order valence-electron chi connectivity index (χ2n) is 5.70. The smallest absolute Gasteiger partial charge is 0.122 e. The largest absolute Gasteiger partial charge is 0.491 e. The summed E-state index contributed by atoms with van der Waals surface area (Å²) in [6.07, 6.45) is -0.536.